The highest BCUT2D eigenvalue weighted by molar-refractivity contribution is 6.06. The highest BCUT2D eigenvalue weighted by Crippen LogP contribution is 2.24. The molecule has 150 valence electrons. The van der Waals surface area contributed by atoms with Crippen LogP contribution in [0.2, 0.25) is 0 Å². The van der Waals surface area contributed by atoms with Gasteiger partial charge in [0.25, 0.3) is 11.8 Å². The summed E-state index contributed by atoms with van der Waals surface area (Å²) in [5.41, 5.74) is 8.18. The van der Waals surface area contributed by atoms with E-state index in [0.717, 1.165) is 16.7 Å². The van der Waals surface area contributed by atoms with E-state index in [4.69, 9.17) is 10.2 Å². The number of furan rings is 1. The van der Waals surface area contributed by atoms with Gasteiger partial charge in [0.15, 0.2) is 0 Å². The second-order valence-corrected chi connectivity index (χ2v) is 6.59. The highest BCUT2D eigenvalue weighted by atomic mass is 16.3. The van der Waals surface area contributed by atoms with Crippen LogP contribution in [0, 0.1) is 6.92 Å². The summed E-state index contributed by atoms with van der Waals surface area (Å²) in [6, 6.07) is 13.8. The third-order valence-electron chi connectivity index (χ3n) is 4.56. The highest BCUT2D eigenvalue weighted by Gasteiger charge is 2.14. The van der Waals surface area contributed by atoms with Crippen LogP contribution in [0.25, 0.3) is 11.0 Å². The SMILES string of the molecule is CCN(CC)C(=O)c1ccc(C(=O)NC(N)=Nc2ccc3oc(C)cc3c2)cc1. The maximum Gasteiger partial charge on any atom is 0.257 e. The Morgan fingerprint density at radius 2 is 1.69 bits per heavy atom. The largest absolute Gasteiger partial charge is 0.461 e. The van der Waals surface area contributed by atoms with Crippen LogP contribution in [0.5, 0.6) is 0 Å². The number of hydrogen-bond donors (Lipinski definition) is 2. The quantitative estimate of drug-likeness (QED) is 0.512. The second kappa shape index (κ2) is 8.60. The molecule has 0 aliphatic carbocycles. The molecule has 0 saturated heterocycles. The number of guanidine groups is 1. The summed E-state index contributed by atoms with van der Waals surface area (Å²) < 4.78 is 5.53. The molecule has 1 aromatic heterocycles. The normalized spacial score (nSPS) is 11.5. The van der Waals surface area contributed by atoms with E-state index in [1.54, 1.807) is 35.2 Å². The number of nitrogens with one attached hydrogen (secondary N) is 1. The third-order valence-corrected chi connectivity index (χ3v) is 4.56. The molecule has 1 heterocycles. The number of carbonyl (C=O) groups is 2. The number of aryl methyl sites for hydroxylation is 1. The standard InChI is InChI=1S/C22H24N4O3/c1-4-26(5-2)21(28)16-8-6-15(7-9-16)20(27)25-22(23)24-18-10-11-19-17(13-18)12-14(3)29-19/h6-13H,4-5H2,1-3H3,(H3,23,24,25,27). The number of nitrogens with zero attached hydrogens (tertiary/aromatic N) is 2. The fraction of sp³-hybridized carbons (Fsp3) is 0.227. The first-order valence-corrected chi connectivity index (χ1v) is 9.46. The molecule has 0 radical (unpaired) electrons. The van der Waals surface area contributed by atoms with Gasteiger partial charge in [0.05, 0.1) is 5.69 Å². The summed E-state index contributed by atoms with van der Waals surface area (Å²) in [6.45, 7) is 7.00. The molecule has 7 heteroatoms. The van der Waals surface area contributed by atoms with Gasteiger partial charge in [-0.15, -0.1) is 0 Å². The van der Waals surface area contributed by atoms with Gasteiger partial charge in [-0.2, -0.15) is 0 Å². The summed E-state index contributed by atoms with van der Waals surface area (Å²) in [7, 11) is 0. The Bertz CT molecular complexity index is 1060. The van der Waals surface area contributed by atoms with Crippen LogP contribution in [0.4, 0.5) is 5.69 Å². The van der Waals surface area contributed by atoms with Gasteiger partial charge in [0.2, 0.25) is 5.96 Å². The van der Waals surface area contributed by atoms with Crippen LogP contribution in [0.15, 0.2) is 57.9 Å². The predicted molar refractivity (Wildman–Crippen MR) is 113 cm³/mol. The van der Waals surface area contributed by atoms with Crippen molar-refractivity contribution in [1.82, 2.24) is 10.2 Å². The molecule has 0 fully saturated rings. The van der Waals surface area contributed by atoms with Crippen molar-refractivity contribution < 1.29 is 14.0 Å². The smallest absolute Gasteiger partial charge is 0.257 e. The van der Waals surface area contributed by atoms with E-state index in [0.29, 0.717) is 29.9 Å². The van der Waals surface area contributed by atoms with Crippen molar-refractivity contribution in [2.24, 2.45) is 10.7 Å². The van der Waals surface area contributed by atoms with Crippen LogP contribution in [-0.2, 0) is 0 Å². The van der Waals surface area contributed by atoms with E-state index in [9.17, 15) is 9.59 Å². The molecule has 3 rings (SSSR count). The lowest BCUT2D eigenvalue weighted by atomic mass is 10.1. The lowest BCUT2D eigenvalue weighted by molar-refractivity contribution is 0.0772. The zero-order valence-electron chi connectivity index (χ0n) is 16.7. The molecule has 0 bridgehead atoms. The Morgan fingerprint density at radius 1 is 1.03 bits per heavy atom. The minimum absolute atomic E-state index is 0.0159. The Morgan fingerprint density at radius 3 is 2.34 bits per heavy atom. The summed E-state index contributed by atoms with van der Waals surface area (Å²) in [5, 5.41) is 3.48. The van der Waals surface area contributed by atoms with Crippen molar-refractivity contribution >= 4 is 34.4 Å². The van der Waals surface area contributed by atoms with Gasteiger partial charge in [0.1, 0.15) is 11.3 Å². The Labute approximate surface area is 169 Å². The Hall–Kier alpha value is -3.61. The number of rotatable bonds is 5. The van der Waals surface area contributed by atoms with Gasteiger partial charge in [-0.3, -0.25) is 14.9 Å². The van der Waals surface area contributed by atoms with Gasteiger partial charge in [-0.25, -0.2) is 4.99 Å². The van der Waals surface area contributed by atoms with Gasteiger partial charge >= 0.3 is 0 Å². The third kappa shape index (κ3) is 4.63. The van der Waals surface area contributed by atoms with E-state index < -0.39 is 5.91 Å². The van der Waals surface area contributed by atoms with E-state index in [1.165, 1.54) is 0 Å². The number of hydrogen-bond acceptors (Lipinski definition) is 4. The molecule has 0 atom stereocenters. The first-order chi connectivity index (χ1) is 13.9. The molecule has 0 aliphatic heterocycles. The van der Waals surface area contributed by atoms with Crippen LogP contribution < -0.4 is 11.1 Å². The second-order valence-electron chi connectivity index (χ2n) is 6.59. The van der Waals surface area contributed by atoms with Crippen molar-refractivity contribution in [3.8, 4) is 0 Å². The van der Waals surface area contributed by atoms with Crippen molar-refractivity contribution in [3.05, 3.63) is 65.4 Å². The van der Waals surface area contributed by atoms with Crippen molar-refractivity contribution in [2.45, 2.75) is 20.8 Å². The van der Waals surface area contributed by atoms with E-state index in [2.05, 4.69) is 10.3 Å². The topological polar surface area (TPSA) is 101 Å². The number of nitrogens with two attached hydrogens (primary N) is 1. The number of carbonyl (C=O) groups excluding carboxylic acids is 2. The monoisotopic (exact) mass is 392 g/mol. The fourth-order valence-electron chi connectivity index (χ4n) is 3.05. The molecule has 2 amide bonds. The van der Waals surface area contributed by atoms with E-state index in [1.807, 2.05) is 39.0 Å². The molecular formula is C22H24N4O3. The zero-order chi connectivity index (χ0) is 21.0. The Kier molecular flexibility index (Phi) is 5.97. The summed E-state index contributed by atoms with van der Waals surface area (Å²) in [6.07, 6.45) is 0. The molecule has 0 unspecified atom stereocenters. The molecule has 0 spiro atoms. The number of benzene rings is 2. The number of fused-ring (bicyclic) bond motifs is 1. The van der Waals surface area contributed by atoms with Crippen molar-refractivity contribution in [2.75, 3.05) is 13.1 Å². The molecule has 2 aromatic carbocycles. The van der Waals surface area contributed by atoms with Gasteiger partial charge < -0.3 is 15.1 Å². The van der Waals surface area contributed by atoms with Gasteiger partial charge in [-0.1, -0.05) is 0 Å². The lowest BCUT2D eigenvalue weighted by Crippen LogP contribution is -2.36. The minimum atomic E-state index is -0.395. The van der Waals surface area contributed by atoms with Gasteiger partial charge in [0, 0.05) is 29.6 Å². The number of aliphatic imine (C=N–C) groups is 1. The van der Waals surface area contributed by atoms with Crippen LogP contribution >= 0.6 is 0 Å². The molecule has 7 nitrogen and oxygen atoms in total. The maximum atomic E-state index is 12.4. The summed E-state index contributed by atoms with van der Waals surface area (Å²) in [5.74, 6) is 0.337. The van der Waals surface area contributed by atoms with Gasteiger partial charge in [-0.05, 0) is 69.3 Å². The molecular weight excluding hydrogens is 368 g/mol. The van der Waals surface area contributed by atoms with Crippen LogP contribution in [0.1, 0.15) is 40.3 Å². The summed E-state index contributed by atoms with van der Waals surface area (Å²) in [4.78, 5) is 30.7. The van der Waals surface area contributed by atoms with Crippen molar-refractivity contribution in [1.29, 1.82) is 0 Å². The predicted octanol–water partition coefficient (Wildman–Crippen LogP) is 3.60. The molecule has 0 saturated carbocycles. The minimum Gasteiger partial charge on any atom is -0.461 e. The van der Waals surface area contributed by atoms with E-state index >= 15 is 0 Å². The maximum absolute atomic E-state index is 12.4. The van der Waals surface area contributed by atoms with E-state index in [-0.39, 0.29) is 11.9 Å². The average Bonchev–Trinajstić information content (AvgIpc) is 3.08. The zero-order valence-corrected chi connectivity index (χ0v) is 16.7. The number of amides is 2. The molecule has 3 N–H and O–H groups in total. The summed E-state index contributed by atoms with van der Waals surface area (Å²) >= 11 is 0. The first-order valence-electron chi connectivity index (χ1n) is 9.46. The van der Waals surface area contributed by atoms with Crippen molar-refractivity contribution in [3.63, 3.8) is 0 Å². The van der Waals surface area contributed by atoms with Crippen LogP contribution in [-0.4, -0.2) is 35.8 Å². The molecule has 29 heavy (non-hydrogen) atoms. The molecule has 0 aliphatic rings. The Balaban J connectivity index is 1.69. The fourth-order valence-corrected chi connectivity index (χ4v) is 3.05. The molecule has 3 aromatic rings. The average molecular weight is 392 g/mol. The lowest BCUT2D eigenvalue weighted by Gasteiger charge is -2.18. The first kappa shape index (κ1) is 20.1. The van der Waals surface area contributed by atoms with Crippen LogP contribution in [0.3, 0.4) is 0 Å².